The van der Waals surface area contributed by atoms with Crippen LogP contribution in [0.25, 0.3) is 0 Å². The van der Waals surface area contributed by atoms with Crippen molar-refractivity contribution in [3.8, 4) is 0 Å². The summed E-state index contributed by atoms with van der Waals surface area (Å²) in [4.78, 5) is 11.4. The summed E-state index contributed by atoms with van der Waals surface area (Å²) in [5, 5.41) is 19.1. The number of hydrogen-bond acceptors (Lipinski definition) is 3. The Labute approximate surface area is 106 Å². The van der Waals surface area contributed by atoms with Gasteiger partial charge in [0.25, 0.3) is 0 Å². The summed E-state index contributed by atoms with van der Waals surface area (Å²) >= 11 is 1.60. The molecule has 0 saturated carbocycles. The molecule has 0 saturated heterocycles. The second-order valence-electron chi connectivity index (χ2n) is 5.08. The van der Waals surface area contributed by atoms with E-state index in [1.807, 2.05) is 37.6 Å². The standard InChI is InChI=1S/C12H20N2O2S/c1-12(2,3)10(15)7-14-11(16)13-6-9-4-5-17-8-9/h4-5,8,10,15H,6-7H2,1-3H3,(H2,13,14,16). The molecule has 1 atom stereocenters. The number of nitrogens with one attached hydrogen (secondary N) is 2. The van der Waals surface area contributed by atoms with Crippen LogP contribution >= 0.6 is 11.3 Å². The molecular formula is C12H20N2O2S. The number of carbonyl (C=O) groups excluding carboxylic acids is 1. The minimum Gasteiger partial charge on any atom is -0.391 e. The predicted octanol–water partition coefficient (Wildman–Crippen LogP) is 1.95. The number of rotatable bonds is 4. The topological polar surface area (TPSA) is 61.4 Å². The summed E-state index contributed by atoms with van der Waals surface area (Å²) < 4.78 is 0. The fraction of sp³-hybridized carbons (Fsp3) is 0.583. The van der Waals surface area contributed by atoms with Crippen LogP contribution in [-0.2, 0) is 6.54 Å². The van der Waals surface area contributed by atoms with Gasteiger partial charge in [0.05, 0.1) is 6.10 Å². The van der Waals surface area contributed by atoms with Gasteiger partial charge in [-0.3, -0.25) is 0 Å². The molecule has 1 heterocycles. The number of amides is 2. The van der Waals surface area contributed by atoms with E-state index in [-0.39, 0.29) is 18.0 Å². The Morgan fingerprint density at radius 1 is 1.47 bits per heavy atom. The first-order valence-corrected chi connectivity index (χ1v) is 6.54. The van der Waals surface area contributed by atoms with E-state index < -0.39 is 6.10 Å². The van der Waals surface area contributed by atoms with E-state index in [1.54, 1.807) is 11.3 Å². The molecule has 1 aromatic heterocycles. The fourth-order valence-corrected chi connectivity index (χ4v) is 1.80. The first-order valence-electron chi connectivity index (χ1n) is 5.60. The van der Waals surface area contributed by atoms with Crippen LogP contribution in [0.2, 0.25) is 0 Å². The first kappa shape index (κ1) is 14.0. The van der Waals surface area contributed by atoms with Gasteiger partial charge < -0.3 is 15.7 Å². The molecule has 0 aliphatic carbocycles. The lowest BCUT2D eigenvalue weighted by Crippen LogP contribution is -2.43. The van der Waals surface area contributed by atoms with Crippen molar-refractivity contribution in [1.29, 1.82) is 0 Å². The van der Waals surface area contributed by atoms with Crippen molar-refractivity contribution in [3.05, 3.63) is 22.4 Å². The maximum absolute atomic E-state index is 11.4. The maximum atomic E-state index is 11.4. The van der Waals surface area contributed by atoms with Crippen LogP contribution in [0.5, 0.6) is 0 Å². The van der Waals surface area contributed by atoms with E-state index in [9.17, 15) is 9.90 Å². The largest absolute Gasteiger partial charge is 0.391 e. The molecule has 0 radical (unpaired) electrons. The van der Waals surface area contributed by atoms with Crippen LogP contribution < -0.4 is 10.6 Å². The molecule has 2 amide bonds. The molecular weight excluding hydrogens is 236 g/mol. The van der Waals surface area contributed by atoms with Gasteiger partial charge in [-0.2, -0.15) is 11.3 Å². The van der Waals surface area contributed by atoms with Gasteiger partial charge >= 0.3 is 6.03 Å². The van der Waals surface area contributed by atoms with Gasteiger partial charge in [0.1, 0.15) is 0 Å². The van der Waals surface area contributed by atoms with Gasteiger partial charge in [0.2, 0.25) is 0 Å². The zero-order valence-electron chi connectivity index (χ0n) is 10.5. The number of thiophene rings is 1. The highest BCUT2D eigenvalue weighted by Gasteiger charge is 2.22. The van der Waals surface area contributed by atoms with Crippen molar-refractivity contribution in [2.75, 3.05) is 6.54 Å². The van der Waals surface area contributed by atoms with Gasteiger partial charge in [-0.05, 0) is 27.8 Å². The lowest BCUT2D eigenvalue weighted by atomic mass is 9.89. The molecule has 5 heteroatoms. The van der Waals surface area contributed by atoms with E-state index >= 15 is 0 Å². The van der Waals surface area contributed by atoms with Gasteiger partial charge in [0, 0.05) is 13.1 Å². The second kappa shape index (κ2) is 6.02. The summed E-state index contributed by atoms with van der Waals surface area (Å²) in [6.45, 7) is 6.58. The molecule has 0 spiro atoms. The quantitative estimate of drug-likeness (QED) is 0.771. The summed E-state index contributed by atoms with van der Waals surface area (Å²) in [6, 6.07) is 1.72. The summed E-state index contributed by atoms with van der Waals surface area (Å²) in [5.74, 6) is 0. The van der Waals surface area contributed by atoms with Crippen molar-refractivity contribution in [1.82, 2.24) is 10.6 Å². The van der Waals surface area contributed by atoms with E-state index in [1.165, 1.54) is 0 Å². The monoisotopic (exact) mass is 256 g/mol. The Bertz CT molecular complexity index is 344. The van der Waals surface area contributed by atoms with Crippen LogP contribution in [0.4, 0.5) is 4.79 Å². The minimum absolute atomic E-state index is 0.222. The lowest BCUT2D eigenvalue weighted by molar-refractivity contribution is 0.0650. The van der Waals surface area contributed by atoms with Gasteiger partial charge in [-0.1, -0.05) is 20.8 Å². The van der Waals surface area contributed by atoms with Crippen LogP contribution in [-0.4, -0.2) is 23.8 Å². The van der Waals surface area contributed by atoms with Crippen LogP contribution in [0, 0.1) is 5.41 Å². The van der Waals surface area contributed by atoms with Crippen molar-refractivity contribution >= 4 is 17.4 Å². The average Bonchev–Trinajstić information content (AvgIpc) is 2.74. The van der Waals surface area contributed by atoms with Crippen molar-refractivity contribution < 1.29 is 9.90 Å². The molecule has 1 aromatic rings. The Morgan fingerprint density at radius 3 is 2.71 bits per heavy atom. The van der Waals surface area contributed by atoms with Crippen molar-refractivity contribution in [2.24, 2.45) is 5.41 Å². The number of hydrogen-bond donors (Lipinski definition) is 3. The van der Waals surface area contributed by atoms with Gasteiger partial charge in [-0.25, -0.2) is 4.79 Å². The number of urea groups is 1. The molecule has 17 heavy (non-hydrogen) atoms. The summed E-state index contributed by atoms with van der Waals surface area (Å²) in [5.41, 5.74) is 0.863. The normalized spacial score (nSPS) is 13.2. The SMILES string of the molecule is CC(C)(C)C(O)CNC(=O)NCc1ccsc1. The van der Waals surface area contributed by atoms with E-state index in [0.29, 0.717) is 6.54 Å². The Kier molecular flexibility index (Phi) is 4.96. The zero-order valence-corrected chi connectivity index (χ0v) is 11.3. The third-order valence-electron chi connectivity index (χ3n) is 2.49. The molecule has 4 nitrogen and oxygen atoms in total. The third kappa shape index (κ3) is 5.19. The molecule has 1 unspecified atom stereocenters. The van der Waals surface area contributed by atoms with E-state index in [4.69, 9.17) is 0 Å². The minimum atomic E-state index is -0.547. The van der Waals surface area contributed by atoms with Crippen LogP contribution in [0.3, 0.4) is 0 Å². The smallest absolute Gasteiger partial charge is 0.315 e. The second-order valence-corrected chi connectivity index (χ2v) is 5.86. The molecule has 3 N–H and O–H groups in total. The average molecular weight is 256 g/mol. The molecule has 0 aliphatic rings. The molecule has 96 valence electrons. The summed E-state index contributed by atoms with van der Waals surface area (Å²) in [7, 11) is 0. The van der Waals surface area contributed by atoms with Gasteiger partial charge in [-0.15, -0.1) is 0 Å². The predicted molar refractivity (Wildman–Crippen MR) is 70.0 cm³/mol. The van der Waals surface area contributed by atoms with E-state index in [2.05, 4.69) is 10.6 Å². The Balaban J connectivity index is 2.22. The number of aliphatic hydroxyl groups excluding tert-OH is 1. The highest BCUT2D eigenvalue weighted by Crippen LogP contribution is 2.17. The zero-order chi connectivity index (χ0) is 12.9. The highest BCUT2D eigenvalue weighted by molar-refractivity contribution is 7.07. The highest BCUT2D eigenvalue weighted by atomic mass is 32.1. The van der Waals surface area contributed by atoms with Crippen LogP contribution in [0.1, 0.15) is 26.3 Å². The molecule has 0 bridgehead atoms. The lowest BCUT2D eigenvalue weighted by Gasteiger charge is -2.25. The summed E-state index contributed by atoms with van der Waals surface area (Å²) in [6.07, 6.45) is -0.547. The maximum Gasteiger partial charge on any atom is 0.315 e. The van der Waals surface area contributed by atoms with Crippen molar-refractivity contribution in [2.45, 2.75) is 33.4 Å². The first-order chi connectivity index (χ1) is 7.89. The molecule has 0 aliphatic heterocycles. The molecule has 0 aromatic carbocycles. The van der Waals surface area contributed by atoms with Crippen molar-refractivity contribution in [3.63, 3.8) is 0 Å². The number of aliphatic hydroxyl groups is 1. The Morgan fingerprint density at radius 2 is 2.18 bits per heavy atom. The van der Waals surface area contributed by atoms with Crippen LogP contribution in [0.15, 0.2) is 16.8 Å². The third-order valence-corrected chi connectivity index (χ3v) is 3.22. The van der Waals surface area contributed by atoms with E-state index in [0.717, 1.165) is 5.56 Å². The van der Waals surface area contributed by atoms with Gasteiger partial charge in [0.15, 0.2) is 0 Å². The number of carbonyl (C=O) groups is 1. The Hall–Kier alpha value is -1.07. The molecule has 0 fully saturated rings. The molecule has 1 rings (SSSR count). The fourth-order valence-electron chi connectivity index (χ4n) is 1.13.